The minimum Gasteiger partial charge on any atom is -0.477 e. The molecular formula is C18H18N8O5S3. The highest BCUT2D eigenvalue weighted by atomic mass is 32.2. The number of hydrogen-bond donors (Lipinski definition) is 3. The monoisotopic (exact) mass is 522 g/mol. The van der Waals surface area contributed by atoms with E-state index in [9.17, 15) is 19.5 Å². The van der Waals surface area contributed by atoms with Crippen molar-refractivity contribution in [3.63, 3.8) is 0 Å². The van der Waals surface area contributed by atoms with Crippen molar-refractivity contribution < 1.29 is 24.3 Å². The van der Waals surface area contributed by atoms with Gasteiger partial charge in [-0.05, 0) is 18.6 Å². The second-order valence-corrected chi connectivity index (χ2v) is 9.94. The van der Waals surface area contributed by atoms with Gasteiger partial charge in [0.1, 0.15) is 35.0 Å². The van der Waals surface area contributed by atoms with Gasteiger partial charge in [-0.25, -0.2) is 14.8 Å². The topological polar surface area (TPSA) is 186 Å². The number of amides is 2. The number of anilines is 1. The van der Waals surface area contributed by atoms with Crippen LogP contribution in [0.1, 0.15) is 12.7 Å². The zero-order valence-electron chi connectivity index (χ0n) is 17.6. The van der Waals surface area contributed by atoms with Crippen LogP contribution in [0.2, 0.25) is 0 Å². The molecule has 13 nitrogen and oxygen atoms in total. The number of fused-ring (bicyclic) bond motifs is 1. The quantitative estimate of drug-likeness (QED) is 0.176. The first-order chi connectivity index (χ1) is 16.4. The number of carboxylic acid groups (broad SMARTS) is 1. The number of β-lactam (4-membered cyclic amide) rings is 1. The van der Waals surface area contributed by atoms with E-state index in [1.165, 1.54) is 52.0 Å². The van der Waals surface area contributed by atoms with Crippen LogP contribution in [0.4, 0.5) is 5.82 Å². The minimum atomic E-state index is -1.21. The summed E-state index contributed by atoms with van der Waals surface area (Å²) in [5.41, 5.74) is 7.54. The zero-order valence-corrected chi connectivity index (χ0v) is 20.0. The Morgan fingerprint density at radius 2 is 2.29 bits per heavy atom. The summed E-state index contributed by atoms with van der Waals surface area (Å²) in [5, 5.41) is 23.3. The summed E-state index contributed by atoms with van der Waals surface area (Å²) >= 11 is 4.06. The molecule has 4 N–H and O–H groups in total. The maximum Gasteiger partial charge on any atom is 0.352 e. The van der Waals surface area contributed by atoms with Crippen molar-refractivity contribution >= 4 is 64.2 Å². The third-order valence-electron chi connectivity index (χ3n) is 4.64. The number of nitrogen functional groups attached to an aromatic ring is 1. The number of carboxylic acids is 1. The van der Waals surface area contributed by atoms with Crippen LogP contribution >= 0.6 is 34.9 Å². The molecule has 0 radical (unpaired) electrons. The van der Waals surface area contributed by atoms with E-state index in [1.54, 1.807) is 12.4 Å². The number of aliphatic carboxylic acids is 1. The Hall–Kier alpha value is -3.24. The lowest BCUT2D eigenvalue weighted by Crippen LogP contribution is -2.71. The Morgan fingerprint density at radius 3 is 2.97 bits per heavy atom. The van der Waals surface area contributed by atoms with E-state index in [0.717, 1.165) is 0 Å². The number of carbonyl (C=O) groups is 3. The maximum absolute atomic E-state index is 12.9. The lowest BCUT2D eigenvalue weighted by Gasteiger charge is -2.49. The largest absolute Gasteiger partial charge is 0.477 e. The van der Waals surface area contributed by atoms with Crippen molar-refractivity contribution in [2.75, 3.05) is 23.8 Å². The van der Waals surface area contributed by atoms with Gasteiger partial charge in [0.25, 0.3) is 11.8 Å². The van der Waals surface area contributed by atoms with Crippen LogP contribution in [0.15, 0.2) is 38.5 Å². The first-order valence-corrected chi connectivity index (χ1v) is 12.7. The van der Waals surface area contributed by atoms with Crippen molar-refractivity contribution in [3.8, 4) is 0 Å². The Bertz CT molecular complexity index is 1170. The molecule has 2 aromatic rings. The zero-order chi connectivity index (χ0) is 24.2. The predicted octanol–water partition coefficient (Wildman–Crippen LogP) is 0.182. The molecule has 4 rings (SSSR count). The average Bonchev–Trinajstić information content (AvgIpc) is 3.34. The van der Waals surface area contributed by atoms with E-state index in [-0.39, 0.29) is 29.7 Å². The molecule has 2 aliphatic rings. The van der Waals surface area contributed by atoms with Crippen LogP contribution in [0.25, 0.3) is 0 Å². The van der Waals surface area contributed by atoms with Gasteiger partial charge < -0.3 is 21.0 Å². The summed E-state index contributed by atoms with van der Waals surface area (Å²) < 4.78 is 0.703. The highest BCUT2D eigenvalue weighted by molar-refractivity contribution is 8.01. The van der Waals surface area contributed by atoms with Crippen LogP contribution in [-0.2, 0) is 19.2 Å². The fourth-order valence-corrected chi connectivity index (χ4v) is 6.15. The first-order valence-electron chi connectivity index (χ1n) is 9.79. The number of oxime groups is 1. The molecule has 1 unspecified atom stereocenters. The van der Waals surface area contributed by atoms with E-state index in [1.807, 2.05) is 0 Å². The molecule has 2 atom stereocenters. The Labute approximate surface area is 205 Å². The normalized spacial score (nSPS) is 20.0. The molecule has 4 heterocycles. The Morgan fingerprint density at radius 1 is 1.47 bits per heavy atom. The number of hydrogen-bond acceptors (Lipinski definition) is 13. The van der Waals surface area contributed by atoms with Gasteiger partial charge in [-0.1, -0.05) is 28.3 Å². The SMILES string of the molecule is CCON=C(C(=O)NC1C(=O)N2C(C(=O)O)=C(CSc3nncs3)CS[C@@H]12)c1nccc(N)n1. The summed E-state index contributed by atoms with van der Waals surface area (Å²) in [7, 11) is 0. The molecule has 0 saturated carbocycles. The molecule has 2 amide bonds. The van der Waals surface area contributed by atoms with E-state index in [0.29, 0.717) is 21.4 Å². The second kappa shape index (κ2) is 10.4. The first kappa shape index (κ1) is 23.9. The standard InChI is InChI=1S/C18H18N8O5S3/c1-2-31-25-10(13-20-4-3-9(19)22-13)14(27)23-11-15(28)26-12(17(29)30)8(5-32-16(11)26)6-33-18-24-21-7-34-18/h3-4,7,11,16H,2,5-6H2,1H3,(H,23,27)(H,29,30)(H2,19,20,22)/t11?,16-/m0/s1. The Kier molecular flexibility index (Phi) is 7.28. The molecule has 0 bridgehead atoms. The fourth-order valence-electron chi connectivity index (χ4n) is 3.18. The number of carbonyl (C=O) groups excluding carboxylic acids is 2. The van der Waals surface area contributed by atoms with Gasteiger partial charge in [0.05, 0.1) is 0 Å². The molecule has 0 spiro atoms. The van der Waals surface area contributed by atoms with Crippen LogP contribution in [-0.4, -0.2) is 83.2 Å². The molecule has 1 saturated heterocycles. The molecule has 2 aromatic heterocycles. The van der Waals surface area contributed by atoms with Gasteiger partial charge >= 0.3 is 5.97 Å². The lowest BCUT2D eigenvalue weighted by atomic mass is 10.0. The molecule has 0 aliphatic carbocycles. The third-order valence-corrected chi connectivity index (χ3v) is 7.92. The van der Waals surface area contributed by atoms with Crippen LogP contribution in [0.3, 0.4) is 0 Å². The van der Waals surface area contributed by atoms with Crippen molar-refractivity contribution in [1.29, 1.82) is 0 Å². The fraction of sp³-hybridized carbons (Fsp3) is 0.333. The summed E-state index contributed by atoms with van der Waals surface area (Å²) in [6.07, 6.45) is 1.37. The maximum atomic E-state index is 12.9. The Balaban J connectivity index is 1.50. The highest BCUT2D eigenvalue weighted by Gasteiger charge is 2.54. The number of nitrogens with one attached hydrogen (secondary N) is 1. The molecule has 2 aliphatic heterocycles. The number of nitrogens with two attached hydrogens (primary N) is 1. The van der Waals surface area contributed by atoms with Gasteiger partial charge in [0.15, 0.2) is 10.2 Å². The van der Waals surface area contributed by atoms with Gasteiger partial charge in [-0.15, -0.1) is 22.0 Å². The summed E-state index contributed by atoms with van der Waals surface area (Å²) in [6, 6.07) is 0.504. The number of thioether (sulfide) groups is 2. The molecule has 16 heteroatoms. The van der Waals surface area contributed by atoms with Crippen LogP contribution in [0.5, 0.6) is 0 Å². The van der Waals surface area contributed by atoms with Crippen molar-refractivity contribution in [2.24, 2.45) is 5.16 Å². The van der Waals surface area contributed by atoms with E-state index in [2.05, 4.69) is 30.6 Å². The van der Waals surface area contributed by atoms with Gasteiger partial charge in [0.2, 0.25) is 5.71 Å². The molecular weight excluding hydrogens is 504 g/mol. The van der Waals surface area contributed by atoms with Gasteiger partial charge in [-0.3, -0.25) is 14.5 Å². The van der Waals surface area contributed by atoms with Crippen molar-refractivity contribution in [3.05, 3.63) is 34.9 Å². The summed E-state index contributed by atoms with van der Waals surface area (Å²) in [5.74, 6) is -1.68. The summed E-state index contributed by atoms with van der Waals surface area (Å²) in [4.78, 5) is 52.0. The van der Waals surface area contributed by atoms with Crippen molar-refractivity contribution in [2.45, 2.75) is 22.7 Å². The predicted molar refractivity (Wildman–Crippen MR) is 125 cm³/mol. The average molecular weight is 523 g/mol. The lowest BCUT2D eigenvalue weighted by molar-refractivity contribution is -0.150. The van der Waals surface area contributed by atoms with E-state index >= 15 is 0 Å². The minimum absolute atomic E-state index is 0.0621. The smallest absolute Gasteiger partial charge is 0.352 e. The highest BCUT2D eigenvalue weighted by Crippen LogP contribution is 2.41. The van der Waals surface area contributed by atoms with Crippen LogP contribution in [0, 0.1) is 0 Å². The molecule has 34 heavy (non-hydrogen) atoms. The van der Waals surface area contributed by atoms with Crippen molar-refractivity contribution in [1.82, 2.24) is 30.4 Å². The molecule has 1 fully saturated rings. The van der Waals surface area contributed by atoms with E-state index < -0.39 is 29.2 Å². The number of nitrogens with zero attached hydrogens (tertiary/aromatic N) is 6. The molecule has 178 valence electrons. The third kappa shape index (κ3) is 4.83. The number of aromatic nitrogens is 4. The molecule has 0 aromatic carbocycles. The second-order valence-electron chi connectivity index (χ2n) is 6.77. The van der Waals surface area contributed by atoms with E-state index in [4.69, 9.17) is 10.6 Å². The van der Waals surface area contributed by atoms with Crippen LogP contribution < -0.4 is 11.1 Å². The van der Waals surface area contributed by atoms with Gasteiger partial charge in [-0.2, -0.15) is 0 Å². The summed E-state index contributed by atoms with van der Waals surface area (Å²) in [6.45, 7) is 1.88. The number of rotatable bonds is 9. The van der Waals surface area contributed by atoms with Gasteiger partial charge in [0, 0.05) is 17.7 Å².